The second-order valence-electron chi connectivity index (χ2n) is 5.17. The van der Waals surface area contributed by atoms with Crippen LogP contribution in [0.1, 0.15) is 54.4 Å². The first-order valence-electron chi connectivity index (χ1n) is 7.31. The molecule has 1 aliphatic carbocycles. The van der Waals surface area contributed by atoms with Crippen molar-refractivity contribution < 1.29 is 9.90 Å². The molecule has 3 nitrogen and oxygen atoms in total. The topological polar surface area (TPSA) is 49.3 Å². The van der Waals surface area contributed by atoms with E-state index in [1.54, 1.807) is 6.07 Å². The Morgan fingerprint density at radius 1 is 1.20 bits per heavy atom. The molecule has 1 saturated carbocycles. The molecule has 0 heterocycles. The van der Waals surface area contributed by atoms with E-state index in [-0.39, 0.29) is 18.6 Å². The van der Waals surface area contributed by atoms with Gasteiger partial charge in [0.25, 0.3) is 5.91 Å². The Morgan fingerprint density at radius 3 is 2.60 bits per heavy atom. The largest absolute Gasteiger partial charge is 0.384 e. The third kappa shape index (κ3) is 4.11. The maximum Gasteiger partial charge on any atom is 0.252 e. The van der Waals surface area contributed by atoms with E-state index in [9.17, 15) is 4.79 Å². The van der Waals surface area contributed by atoms with Gasteiger partial charge in [-0.3, -0.25) is 4.79 Å². The molecule has 0 atom stereocenters. The molecule has 0 aromatic heterocycles. The van der Waals surface area contributed by atoms with Crippen molar-refractivity contribution in [3.8, 4) is 11.8 Å². The summed E-state index contributed by atoms with van der Waals surface area (Å²) in [6.45, 7) is -0.196. The molecule has 0 aliphatic heterocycles. The van der Waals surface area contributed by atoms with Crippen LogP contribution >= 0.6 is 0 Å². The first-order valence-corrected chi connectivity index (χ1v) is 7.31. The fraction of sp³-hybridized carbons (Fsp3) is 0.471. The summed E-state index contributed by atoms with van der Waals surface area (Å²) in [6, 6.07) is 7.57. The van der Waals surface area contributed by atoms with Crippen molar-refractivity contribution >= 4 is 5.91 Å². The third-order valence-corrected chi connectivity index (χ3v) is 3.66. The molecule has 1 aliphatic rings. The maximum absolute atomic E-state index is 12.4. The molecule has 2 rings (SSSR count). The summed E-state index contributed by atoms with van der Waals surface area (Å²) in [4.78, 5) is 12.4. The molecule has 0 radical (unpaired) electrons. The lowest BCUT2D eigenvalue weighted by Crippen LogP contribution is -2.34. The summed E-state index contributed by atoms with van der Waals surface area (Å²) in [5, 5.41) is 11.9. The second kappa shape index (κ2) is 7.72. The number of amides is 1. The van der Waals surface area contributed by atoms with Crippen molar-refractivity contribution in [3.63, 3.8) is 0 Å². The van der Waals surface area contributed by atoms with Crippen molar-refractivity contribution in [3.05, 3.63) is 35.4 Å². The Kier molecular flexibility index (Phi) is 5.64. The standard InChI is InChI=1S/C17H21NO2/c19-13-7-9-14-8-5-6-12-16(14)17(20)18-15-10-3-1-2-4-11-15/h5-6,8,12,15,19H,1-4,10-11,13H2,(H,18,20). The smallest absolute Gasteiger partial charge is 0.252 e. The van der Waals surface area contributed by atoms with Gasteiger partial charge in [0.1, 0.15) is 6.61 Å². The van der Waals surface area contributed by atoms with Gasteiger partial charge in [-0.15, -0.1) is 0 Å². The van der Waals surface area contributed by atoms with Gasteiger partial charge in [-0.1, -0.05) is 49.7 Å². The van der Waals surface area contributed by atoms with E-state index in [1.165, 1.54) is 25.7 Å². The zero-order valence-electron chi connectivity index (χ0n) is 11.7. The van der Waals surface area contributed by atoms with E-state index in [1.807, 2.05) is 18.2 Å². The summed E-state index contributed by atoms with van der Waals surface area (Å²) in [7, 11) is 0. The van der Waals surface area contributed by atoms with Crippen LogP contribution in [-0.2, 0) is 0 Å². The van der Waals surface area contributed by atoms with Crippen molar-refractivity contribution in [1.82, 2.24) is 5.32 Å². The van der Waals surface area contributed by atoms with Gasteiger partial charge in [0.15, 0.2) is 0 Å². The van der Waals surface area contributed by atoms with Gasteiger partial charge in [0.2, 0.25) is 0 Å². The first-order chi connectivity index (χ1) is 9.81. The Bertz CT molecular complexity index is 505. The van der Waals surface area contributed by atoms with Crippen molar-refractivity contribution in [2.24, 2.45) is 0 Å². The fourth-order valence-electron chi connectivity index (χ4n) is 2.61. The summed E-state index contributed by atoms with van der Waals surface area (Å²) < 4.78 is 0. The number of carbonyl (C=O) groups excluding carboxylic acids is 1. The number of hydrogen-bond donors (Lipinski definition) is 2. The van der Waals surface area contributed by atoms with Crippen LogP contribution < -0.4 is 5.32 Å². The summed E-state index contributed by atoms with van der Waals surface area (Å²) >= 11 is 0. The Labute approximate surface area is 120 Å². The minimum Gasteiger partial charge on any atom is -0.384 e. The SMILES string of the molecule is O=C(NC1CCCCCC1)c1ccccc1C#CCO. The predicted molar refractivity (Wildman–Crippen MR) is 79.4 cm³/mol. The van der Waals surface area contributed by atoms with Crippen molar-refractivity contribution in [2.45, 2.75) is 44.6 Å². The van der Waals surface area contributed by atoms with Gasteiger partial charge in [-0.2, -0.15) is 0 Å². The average molecular weight is 271 g/mol. The molecule has 1 amide bonds. The highest BCUT2D eigenvalue weighted by Gasteiger charge is 2.17. The van der Waals surface area contributed by atoms with E-state index >= 15 is 0 Å². The highest BCUT2D eigenvalue weighted by atomic mass is 16.2. The number of benzene rings is 1. The second-order valence-corrected chi connectivity index (χ2v) is 5.17. The van der Waals surface area contributed by atoms with Crippen LogP contribution in [0.5, 0.6) is 0 Å². The van der Waals surface area contributed by atoms with Crippen LogP contribution in [0, 0.1) is 11.8 Å². The molecule has 0 bridgehead atoms. The van der Waals surface area contributed by atoms with Gasteiger partial charge in [-0.25, -0.2) is 0 Å². The monoisotopic (exact) mass is 271 g/mol. The van der Waals surface area contributed by atoms with E-state index in [2.05, 4.69) is 17.2 Å². The number of hydrogen-bond acceptors (Lipinski definition) is 2. The van der Waals surface area contributed by atoms with Crippen molar-refractivity contribution in [2.75, 3.05) is 6.61 Å². The number of aliphatic hydroxyl groups excluding tert-OH is 1. The summed E-state index contributed by atoms with van der Waals surface area (Å²) in [5.74, 6) is 5.38. The van der Waals surface area contributed by atoms with E-state index in [0.29, 0.717) is 11.1 Å². The number of aliphatic hydroxyl groups is 1. The molecule has 1 aromatic rings. The van der Waals surface area contributed by atoms with E-state index in [0.717, 1.165) is 12.8 Å². The summed E-state index contributed by atoms with van der Waals surface area (Å²) in [6.07, 6.45) is 7.05. The van der Waals surface area contributed by atoms with Gasteiger partial charge < -0.3 is 10.4 Å². The zero-order valence-corrected chi connectivity index (χ0v) is 11.7. The van der Waals surface area contributed by atoms with Gasteiger partial charge in [0.05, 0.1) is 5.56 Å². The van der Waals surface area contributed by atoms with Crippen molar-refractivity contribution in [1.29, 1.82) is 0 Å². The maximum atomic E-state index is 12.4. The molecule has 1 aromatic carbocycles. The van der Waals surface area contributed by atoms with Gasteiger partial charge in [0, 0.05) is 11.6 Å². The minimum absolute atomic E-state index is 0.0558. The van der Waals surface area contributed by atoms with E-state index < -0.39 is 0 Å². The molecular formula is C17H21NO2. The molecule has 2 N–H and O–H groups in total. The molecule has 20 heavy (non-hydrogen) atoms. The predicted octanol–water partition coefficient (Wildman–Crippen LogP) is 2.48. The van der Waals surface area contributed by atoms with E-state index in [4.69, 9.17) is 5.11 Å². The van der Waals surface area contributed by atoms with Crippen LogP contribution in [0.3, 0.4) is 0 Å². The van der Waals surface area contributed by atoms with Crippen LogP contribution in [0.2, 0.25) is 0 Å². The number of nitrogens with one attached hydrogen (secondary N) is 1. The first kappa shape index (κ1) is 14.6. The van der Waals surface area contributed by atoms with Gasteiger partial charge >= 0.3 is 0 Å². The zero-order chi connectivity index (χ0) is 14.2. The molecule has 1 fully saturated rings. The Hall–Kier alpha value is -1.79. The number of rotatable bonds is 2. The lowest BCUT2D eigenvalue weighted by molar-refractivity contribution is 0.0933. The molecule has 3 heteroatoms. The summed E-state index contributed by atoms with van der Waals surface area (Å²) in [5.41, 5.74) is 1.27. The number of carbonyl (C=O) groups is 1. The Balaban J connectivity index is 2.08. The third-order valence-electron chi connectivity index (χ3n) is 3.66. The lowest BCUT2D eigenvalue weighted by Gasteiger charge is -2.16. The lowest BCUT2D eigenvalue weighted by atomic mass is 10.0. The highest BCUT2D eigenvalue weighted by Crippen LogP contribution is 2.18. The minimum atomic E-state index is -0.196. The van der Waals surface area contributed by atoms with Crippen LogP contribution in [0.4, 0.5) is 0 Å². The molecule has 0 spiro atoms. The molecular weight excluding hydrogens is 250 g/mol. The van der Waals surface area contributed by atoms with Crippen LogP contribution in [-0.4, -0.2) is 23.7 Å². The highest BCUT2D eigenvalue weighted by molar-refractivity contribution is 5.96. The molecule has 0 saturated heterocycles. The normalized spacial score (nSPS) is 15.8. The molecule has 0 unspecified atom stereocenters. The molecule has 106 valence electrons. The van der Waals surface area contributed by atoms with Crippen LogP contribution in [0.15, 0.2) is 24.3 Å². The average Bonchev–Trinajstić information content (AvgIpc) is 2.74. The fourth-order valence-corrected chi connectivity index (χ4v) is 2.61. The quantitative estimate of drug-likeness (QED) is 0.641. The van der Waals surface area contributed by atoms with Gasteiger partial charge in [-0.05, 0) is 25.0 Å². The van der Waals surface area contributed by atoms with Crippen LogP contribution in [0.25, 0.3) is 0 Å². The Morgan fingerprint density at radius 2 is 1.90 bits per heavy atom.